The second kappa shape index (κ2) is 7.98. The standard InChI is InChI=1S/C19H19Cl2NO3/c1-12(15-5-4-14(20)11-16(15)21)22-19(23)7-3-13-2-6-17-18(10-13)25-9-8-24-17/h2,4-6,10-12H,3,7-9H2,1H3,(H,22,23)/t12-/m1/s1. The molecular weight excluding hydrogens is 361 g/mol. The molecule has 0 saturated heterocycles. The Morgan fingerprint density at radius 2 is 1.88 bits per heavy atom. The summed E-state index contributed by atoms with van der Waals surface area (Å²) < 4.78 is 11.1. The van der Waals surface area contributed by atoms with Gasteiger partial charge in [0.1, 0.15) is 13.2 Å². The summed E-state index contributed by atoms with van der Waals surface area (Å²) in [7, 11) is 0. The number of ether oxygens (including phenoxy) is 2. The van der Waals surface area contributed by atoms with Gasteiger partial charge < -0.3 is 14.8 Å². The molecule has 3 rings (SSSR count). The van der Waals surface area contributed by atoms with Gasteiger partial charge in [-0.15, -0.1) is 0 Å². The highest BCUT2D eigenvalue weighted by molar-refractivity contribution is 6.35. The number of hydrogen-bond donors (Lipinski definition) is 1. The normalized spacial score (nSPS) is 14.0. The number of aryl methyl sites for hydroxylation is 1. The van der Waals surface area contributed by atoms with Crippen LogP contribution >= 0.6 is 23.2 Å². The topological polar surface area (TPSA) is 47.6 Å². The van der Waals surface area contributed by atoms with E-state index in [9.17, 15) is 4.79 Å². The Balaban J connectivity index is 1.55. The lowest BCUT2D eigenvalue weighted by atomic mass is 10.1. The molecule has 1 N–H and O–H groups in total. The van der Waals surface area contributed by atoms with E-state index < -0.39 is 0 Å². The van der Waals surface area contributed by atoms with Gasteiger partial charge >= 0.3 is 0 Å². The Morgan fingerprint density at radius 1 is 1.12 bits per heavy atom. The summed E-state index contributed by atoms with van der Waals surface area (Å²) >= 11 is 12.1. The maximum absolute atomic E-state index is 12.2. The molecular formula is C19H19Cl2NO3. The molecule has 1 atom stereocenters. The number of nitrogens with one attached hydrogen (secondary N) is 1. The lowest BCUT2D eigenvalue weighted by Gasteiger charge is -2.19. The van der Waals surface area contributed by atoms with Gasteiger partial charge in [-0.2, -0.15) is 0 Å². The predicted molar refractivity (Wildman–Crippen MR) is 98.8 cm³/mol. The largest absolute Gasteiger partial charge is 0.486 e. The molecule has 0 bridgehead atoms. The van der Waals surface area contributed by atoms with Crippen molar-refractivity contribution in [1.29, 1.82) is 0 Å². The third-order valence-electron chi connectivity index (χ3n) is 4.05. The third-order valence-corrected chi connectivity index (χ3v) is 4.62. The van der Waals surface area contributed by atoms with Crippen LogP contribution in [0.25, 0.3) is 0 Å². The number of fused-ring (bicyclic) bond motifs is 1. The van der Waals surface area contributed by atoms with Crippen molar-refractivity contribution in [2.45, 2.75) is 25.8 Å². The van der Waals surface area contributed by atoms with Crippen LogP contribution in [0, 0.1) is 0 Å². The number of halogens is 2. The van der Waals surface area contributed by atoms with Crippen molar-refractivity contribution in [3.05, 3.63) is 57.6 Å². The Labute approximate surface area is 157 Å². The van der Waals surface area contributed by atoms with Crippen LogP contribution in [0.1, 0.15) is 30.5 Å². The molecule has 1 aliphatic rings. The maximum Gasteiger partial charge on any atom is 0.220 e. The Bertz CT molecular complexity index is 779. The van der Waals surface area contributed by atoms with E-state index >= 15 is 0 Å². The number of amides is 1. The highest BCUT2D eigenvalue weighted by Gasteiger charge is 2.15. The fraction of sp³-hybridized carbons (Fsp3) is 0.316. The lowest BCUT2D eigenvalue weighted by Crippen LogP contribution is -2.27. The molecule has 4 nitrogen and oxygen atoms in total. The maximum atomic E-state index is 12.2. The second-order valence-corrected chi connectivity index (χ2v) is 6.78. The van der Waals surface area contributed by atoms with Crippen LogP contribution < -0.4 is 14.8 Å². The second-order valence-electron chi connectivity index (χ2n) is 5.93. The first-order chi connectivity index (χ1) is 12.0. The van der Waals surface area contributed by atoms with Crippen molar-refractivity contribution in [1.82, 2.24) is 5.32 Å². The van der Waals surface area contributed by atoms with E-state index in [-0.39, 0.29) is 11.9 Å². The molecule has 2 aromatic rings. The van der Waals surface area contributed by atoms with Gasteiger partial charge in [0, 0.05) is 16.5 Å². The summed E-state index contributed by atoms with van der Waals surface area (Å²) in [5, 5.41) is 4.09. The van der Waals surface area contributed by atoms with Crippen molar-refractivity contribution < 1.29 is 14.3 Å². The summed E-state index contributed by atoms with van der Waals surface area (Å²) in [6, 6.07) is 10.9. The minimum absolute atomic E-state index is 0.0339. The monoisotopic (exact) mass is 379 g/mol. The van der Waals surface area contributed by atoms with Crippen LogP contribution in [0.4, 0.5) is 0 Å². The summed E-state index contributed by atoms with van der Waals surface area (Å²) in [6.07, 6.45) is 1.01. The first-order valence-corrected chi connectivity index (χ1v) is 8.91. The molecule has 0 radical (unpaired) electrons. The van der Waals surface area contributed by atoms with Crippen molar-refractivity contribution in [2.75, 3.05) is 13.2 Å². The highest BCUT2D eigenvalue weighted by atomic mass is 35.5. The van der Waals surface area contributed by atoms with Crippen LogP contribution in [-0.4, -0.2) is 19.1 Å². The van der Waals surface area contributed by atoms with Gasteiger partial charge in [0.15, 0.2) is 11.5 Å². The van der Waals surface area contributed by atoms with E-state index in [1.165, 1.54) is 0 Å². The van der Waals surface area contributed by atoms with Crippen molar-refractivity contribution in [2.24, 2.45) is 0 Å². The molecule has 132 valence electrons. The zero-order chi connectivity index (χ0) is 17.8. The quantitative estimate of drug-likeness (QED) is 0.827. The zero-order valence-corrected chi connectivity index (χ0v) is 15.4. The number of carbonyl (C=O) groups excluding carboxylic acids is 1. The van der Waals surface area contributed by atoms with Crippen molar-refractivity contribution in [3.8, 4) is 11.5 Å². The van der Waals surface area contributed by atoms with Gasteiger partial charge in [-0.05, 0) is 48.7 Å². The summed E-state index contributed by atoms with van der Waals surface area (Å²) in [5.41, 5.74) is 1.88. The smallest absolute Gasteiger partial charge is 0.220 e. The molecule has 25 heavy (non-hydrogen) atoms. The number of carbonyl (C=O) groups is 1. The van der Waals surface area contributed by atoms with Crippen LogP contribution in [0.2, 0.25) is 10.0 Å². The molecule has 0 fully saturated rings. The average molecular weight is 380 g/mol. The highest BCUT2D eigenvalue weighted by Crippen LogP contribution is 2.31. The van der Waals surface area contributed by atoms with Crippen molar-refractivity contribution >= 4 is 29.1 Å². The van der Waals surface area contributed by atoms with E-state index in [1.807, 2.05) is 31.2 Å². The van der Waals surface area contributed by atoms with Gasteiger partial charge in [-0.1, -0.05) is 35.3 Å². The fourth-order valence-corrected chi connectivity index (χ4v) is 3.32. The first-order valence-electron chi connectivity index (χ1n) is 8.16. The van der Waals surface area contributed by atoms with E-state index in [2.05, 4.69) is 5.32 Å². The first kappa shape index (κ1) is 17.9. The molecule has 0 unspecified atom stereocenters. The van der Waals surface area contributed by atoms with Crippen LogP contribution in [-0.2, 0) is 11.2 Å². The van der Waals surface area contributed by atoms with Crippen LogP contribution in [0.15, 0.2) is 36.4 Å². The summed E-state index contributed by atoms with van der Waals surface area (Å²) in [6.45, 7) is 3.02. The van der Waals surface area contributed by atoms with E-state index in [1.54, 1.807) is 12.1 Å². The molecule has 1 amide bonds. The Hall–Kier alpha value is -1.91. The summed E-state index contributed by atoms with van der Waals surface area (Å²) in [4.78, 5) is 12.2. The van der Waals surface area contributed by atoms with Gasteiger partial charge in [0.25, 0.3) is 0 Å². The SMILES string of the molecule is C[C@@H](NC(=O)CCc1ccc2c(c1)OCCO2)c1ccc(Cl)cc1Cl. The van der Waals surface area contributed by atoms with Gasteiger partial charge in [0.2, 0.25) is 5.91 Å². The molecule has 6 heteroatoms. The molecule has 0 spiro atoms. The molecule has 0 saturated carbocycles. The molecule has 1 aliphatic heterocycles. The van der Waals surface area contributed by atoms with Gasteiger partial charge in [0.05, 0.1) is 6.04 Å². The lowest BCUT2D eigenvalue weighted by molar-refractivity contribution is -0.121. The van der Waals surface area contributed by atoms with E-state index in [4.69, 9.17) is 32.7 Å². The Morgan fingerprint density at radius 3 is 2.64 bits per heavy atom. The van der Waals surface area contributed by atoms with Crippen LogP contribution in [0.3, 0.4) is 0 Å². The molecule has 0 aliphatic carbocycles. The summed E-state index contributed by atoms with van der Waals surface area (Å²) in [5.74, 6) is 1.46. The van der Waals surface area contributed by atoms with Gasteiger partial charge in [-0.25, -0.2) is 0 Å². The van der Waals surface area contributed by atoms with Crippen molar-refractivity contribution in [3.63, 3.8) is 0 Å². The van der Waals surface area contributed by atoms with Gasteiger partial charge in [-0.3, -0.25) is 4.79 Å². The number of rotatable bonds is 5. The molecule has 1 heterocycles. The zero-order valence-electron chi connectivity index (χ0n) is 13.9. The van der Waals surface area contributed by atoms with E-state index in [0.29, 0.717) is 36.1 Å². The number of benzene rings is 2. The minimum atomic E-state index is -0.183. The fourth-order valence-electron chi connectivity index (χ4n) is 2.75. The number of hydrogen-bond acceptors (Lipinski definition) is 3. The third kappa shape index (κ3) is 4.59. The minimum Gasteiger partial charge on any atom is -0.486 e. The molecule has 0 aromatic heterocycles. The van der Waals surface area contributed by atoms with Crippen LogP contribution in [0.5, 0.6) is 11.5 Å². The average Bonchev–Trinajstić information content (AvgIpc) is 2.59. The molecule has 2 aromatic carbocycles. The Kier molecular flexibility index (Phi) is 5.71. The predicted octanol–water partition coefficient (Wildman–Crippen LogP) is 4.57. The van der Waals surface area contributed by atoms with E-state index in [0.717, 1.165) is 22.6 Å².